The molecule has 0 radical (unpaired) electrons. The minimum absolute atomic E-state index is 0.0996. The fourth-order valence-corrected chi connectivity index (χ4v) is 1.84. The predicted octanol–water partition coefficient (Wildman–Crippen LogP) is 1.39. The van der Waals surface area contributed by atoms with Gasteiger partial charge in [0.2, 0.25) is 0 Å². The van der Waals surface area contributed by atoms with Gasteiger partial charge in [-0.05, 0) is 19.1 Å². The average molecular weight is 273 g/mol. The van der Waals surface area contributed by atoms with Crippen molar-refractivity contribution < 1.29 is 14.7 Å². The SMILES string of the molecule is Cc1c(C(=O)NCCC(=O)O)cnn1-c1ccccc1. The molecule has 104 valence electrons. The maximum absolute atomic E-state index is 11.9. The number of aromatic nitrogens is 2. The zero-order valence-electron chi connectivity index (χ0n) is 11.0. The van der Waals surface area contributed by atoms with Crippen LogP contribution in [0.4, 0.5) is 0 Å². The van der Waals surface area contributed by atoms with E-state index < -0.39 is 5.97 Å². The molecule has 1 heterocycles. The Morgan fingerprint density at radius 2 is 2.00 bits per heavy atom. The Labute approximate surface area is 116 Å². The van der Waals surface area contributed by atoms with Crippen molar-refractivity contribution in [1.29, 1.82) is 0 Å². The Balaban J connectivity index is 2.13. The van der Waals surface area contributed by atoms with E-state index in [4.69, 9.17) is 5.11 Å². The van der Waals surface area contributed by atoms with Crippen LogP contribution in [-0.2, 0) is 4.79 Å². The third-order valence-electron chi connectivity index (χ3n) is 2.88. The van der Waals surface area contributed by atoms with Gasteiger partial charge in [0.1, 0.15) is 0 Å². The minimum atomic E-state index is -0.943. The number of para-hydroxylation sites is 1. The van der Waals surface area contributed by atoms with Crippen LogP contribution in [0.3, 0.4) is 0 Å². The zero-order chi connectivity index (χ0) is 14.5. The Hall–Kier alpha value is -2.63. The summed E-state index contributed by atoms with van der Waals surface area (Å²) in [4.78, 5) is 22.3. The molecule has 20 heavy (non-hydrogen) atoms. The Morgan fingerprint density at radius 3 is 2.65 bits per heavy atom. The van der Waals surface area contributed by atoms with Gasteiger partial charge in [0.25, 0.3) is 5.91 Å². The first-order valence-corrected chi connectivity index (χ1v) is 6.19. The molecule has 0 spiro atoms. The second-order valence-corrected chi connectivity index (χ2v) is 4.29. The van der Waals surface area contributed by atoms with E-state index in [1.807, 2.05) is 30.3 Å². The standard InChI is InChI=1S/C14H15N3O3/c1-10-12(14(20)15-8-7-13(18)19)9-16-17(10)11-5-3-2-4-6-11/h2-6,9H,7-8H2,1H3,(H,15,20)(H,18,19). The lowest BCUT2D eigenvalue weighted by atomic mass is 10.2. The topological polar surface area (TPSA) is 84.2 Å². The predicted molar refractivity (Wildman–Crippen MR) is 72.9 cm³/mol. The van der Waals surface area contributed by atoms with Gasteiger partial charge in [-0.2, -0.15) is 5.10 Å². The number of benzene rings is 1. The van der Waals surface area contributed by atoms with Crippen molar-refractivity contribution >= 4 is 11.9 Å². The Bertz CT molecular complexity index is 620. The van der Waals surface area contributed by atoms with Crippen molar-refractivity contribution in [2.24, 2.45) is 0 Å². The molecule has 0 unspecified atom stereocenters. The largest absolute Gasteiger partial charge is 0.481 e. The first-order valence-electron chi connectivity index (χ1n) is 6.19. The molecule has 1 amide bonds. The molecule has 0 saturated heterocycles. The van der Waals surface area contributed by atoms with Crippen LogP contribution in [-0.4, -0.2) is 33.3 Å². The molecule has 0 aliphatic heterocycles. The highest BCUT2D eigenvalue weighted by molar-refractivity contribution is 5.95. The van der Waals surface area contributed by atoms with Crippen molar-refractivity contribution in [3.63, 3.8) is 0 Å². The first kappa shape index (κ1) is 13.8. The molecular formula is C14H15N3O3. The number of carboxylic acid groups (broad SMARTS) is 1. The molecule has 0 aliphatic carbocycles. The summed E-state index contributed by atoms with van der Waals surface area (Å²) in [5, 5.41) is 15.3. The van der Waals surface area contributed by atoms with Gasteiger partial charge >= 0.3 is 5.97 Å². The highest BCUT2D eigenvalue weighted by atomic mass is 16.4. The second kappa shape index (κ2) is 6.01. The fraction of sp³-hybridized carbons (Fsp3) is 0.214. The van der Waals surface area contributed by atoms with Crippen LogP contribution in [0.2, 0.25) is 0 Å². The average Bonchev–Trinajstić information content (AvgIpc) is 2.81. The van der Waals surface area contributed by atoms with E-state index in [9.17, 15) is 9.59 Å². The third kappa shape index (κ3) is 3.03. The first-order chi connectivity index (χ1) is 9.59. The van der Waals surface area contributed by atoms with Gasteiger partial charge in [-0.3, -0.25) is 9.59 Å². The van der Waals surface area contributed by atoms with E-state index in [2.05, 4.69) is 10.4 Å². The Kier molecular flexibility index (Phi) is 4.14. The molecule has 6 nitrogen and oxygen atoms in total. The summed E-state index contributed by atoms with van der Waals surface area (Å²) < 4.78 is 1.67. The van der Waals surface area contributed by atoms with Crippen molar-refractivity contribution in [1.82, 2.24) is 15.1 Å². The number of carbonyl (C=O) groups is 2. The van der Waals surface area contributed by atoms with Crippen LogP contribution in [0.25, 0.3) is 5.69 Å². The zero-order valence-corrected chi connectivity index (χ0v) is 11.0. The molecule has 1 aromatic carbocycles. The summed E-state index contributed by atoms with van der Waals surface area (Å²) in [6, 6.07) is 9.48. The van der Waals surface area contributed by atoms with E-state index in [0.717, 1.165) is 5.69 Å². The molecule has 0 saturated carbocycles. The monoisotopic (exact) mass is 273 g/mol. The van der Waals surface area contributed by atoms with Crippen LogP contribution in [0.1, 0.15) is 22.5 Å². The number of aliphatic carboxylic acids is 1. The van der Waals surface area contributed by atoms with E-state index in [-0.39, 0.29) is 18.9 Å². The van der Waals surface area contributed by atoms with Crippen LogP contribution < -0.4 is 5.32 Å². The lowest BCUT2D eigenvalue weighted by Crippen LogP contribution is -2.26. The summed E-state index contributed by atoms with van der Waals surface area (Å²) in [5.41, 5.74) is 2.03. The lowest BCUT2D eigenvalue weighted by Gasteiger charge is -2.05. The molecule has 2 aromatic rings. The quantitative estimate of drug-likeness (QED) is 0.862. The van der Waals surface area contributed by atoms with Crippen LogP contribution in [0.5, 0.6) is 0 Å². The smallest absolute Gasteiger partial charge is 0.305 e. The van der Waals surface area contributed by atoms with E-state index >= 15 is 0 Å². The number of nitrogens with one attached hydrogen (secondary N) is 1. The number of hydrogen-bond acceptors (Lipinski definition) is 3. The van der Waals surface area contributed by atoms with E-state index in [1.54, 1.807) is 11.6 Å². The van der Waals surface area contributed by atoms with E-state index in [1.165, 1.54) is 6.20 Å². The normalized spacial score (nSPS) is 10.2. The number of nitrogens with zero attached hydrogens (tertiary/aromatic N) is 2. The summed E-state index contributed by atoms with van der Waals surface area (Å²) in [6.45, 7) is 1.90. The molecule has 1 aromatic heterocycles. The van der Waals surface area contributed by atoms with Gasteiger partial charge in [-0.1, -0.05) is 18.2 Å². The van der Waals surface area contributed by atoms with Gasteiger partial charge in [0.15, 0.2) is 0 Å². The van der Waals surface area contributed by atoms with Crippen LogP contribution in [0, 0.1) is 6.92 Å². The van der Waals surface area contributed by atoms with Gasteiger partial charge in [-0.25, -0.2) is 4.68 Å². The molecule has 0 fully saturated rings. The molecule has 6 heteroatoms. The lowest BCUT2D eigenvalue weighted by molar-refractivity contribution is -0.136. The number of carbonyl (C=O) groups excluding carboxylic acids is 1. The molecule has 0 atom stereocenters. The van der Waals surface area contributed by atoms with Crippen LogP contribution >= 0.6 is 0 Å². The van der Waals surface area contributed by atoms with Crippen molar-refractivity contribution in [2.75, 3.05) is 6.54 Å². The molecule has 2 N–H and O–H groups in total. The maximum atomic E-state index is 11.9. The molecule has 0 aliphatic rings. The van der Waals surface area contributed by atoms with E-state index in [0.29, 0.717) is 11.3 Å². The molecule has 0 bridgehead atoms. The van der Waals surface area contributed by atoms with Crippen LogP contribution in [0.15, 0.2) is 36.5 Å². The third-order valence-corrected chi connectivity index (χ3v) is 2.88. The van der Waals surface area contributed by atoms with Gasteiger partial charge in [-0.15, -0.1) is 0 Å². The number of rotatable bonds is 5. The number of hydrogen-bond donors (Lipinski definition) is 2. The summed E-state index contributed by atoms with van der Waals surface area (Å²) in [6.07, 6.45) is 1.38. The van der Waals surface area contributed by atoms with Gasteiger partial charge < -0.3 is 10.4 Å². The highest BCUT2D eigenvalue weighted by Gasteiger charge is 2.14. The van der Waals surface area contributed by atoms with Crippen molar-refractivity contribution in [3.05, 3.63) is 47.8 Å². The minimum Gasteiger partial charge on any atom is -0.481 e. The van der Waals surface area contributed by atoms with Crippen molar-refractivity contribution in [3.8, 4) is 5.69 Å². The Morgan fingerprint density at radius 1 is 1.30 bits per heavy atom. The molecular weight excluding hydrogens is 258 g/mol. The van der Waals surface area contributed by atoms with Gasteiger partial charge in [0.05, 0.1) is 29.6 Å². The summed E-state index contributed by atoms with van der Waals surface area (Å²) in [5.74, 6) is -1.26. The maximum Gasteiger partial charge on any atom is 0.305 e. The summed E-state index contributed by atoms with van der Waals surface area (Å²) in [7, 11) is 0. The highest BCUT2D eigenvalue weighted by Crippen LogP contribution is 2.13. The second-order valence-electron chi connectivity index (χ2n) is 4.29. The van der Waals surface area contributed by atoms with Crippen molar-refractivity contribution in [2.45, 2.75) is 13.3 Å². The van der Waals surface area contributed by atoms with Gasteiger partial charge in [0, 0.05) is 6.54 Å². The summed E-state index contributed by atoms with van der Waals surface area (Å²) >= 11 is 0. The number of amides is 1. The fourth-order valence-electron chi connectivity index (χ4n) is 1.84. The molecule has 2 rings (SSSR count). The number of carboxylic acids is 1.